The van der Waals surface area contributed by atoms with E-state index in [4.69, 9.17) is 5.84 Å². The van der Waals surface area contributed by atoms with Gasteiger partial charge < -0.3 is 5.32 Å². The smallest absolute Gasteiger partial charge is 0.239 e. The Labute approximate surface area is 109 Å². The first-order chi connectivity index (χ1) is 8.81. The molecular weight excluding hydrogens is 226 g/mol. The molecule has 1 aliphatic rings. The summed E-state index contributed by atoms with van der Waals surface area (Å²) in [5.41, 5.74) is 2.47. The van der Waals surface area contributed by atoms with Crippen molar-refractivity contribution in [1.82, 2.24) is 9.97 Å². The summed E-state index contributed by atoms with van der Waals surface area (Å²) < 4.78 is 0. The first-order valence-electron chi connectivity index (χ1n) is 6.88. The third kappa shape index (κ3) is 3.57. The Morgan fingerprint density at radius 3 is 2.78 bits per heavy atom. The molecule has 0 bridgehead atoms. The largest absolute Gasteiger partial charge is 0.367 e. The van der Waals surface area contributed by atoms with E-state index >= 15 is 0 Å². The van der Waals surface area contributed by atoms with Crippen LogP contribution in [-0.4, -0.2) is 16.0 Å². The lowest BCUT2D eigenvalue weighted by atomic mass is 9.83. The van der Waals surface area contributed by atoms with Gasteiger partial charge in [-0.05, 0) is 37.7 Å². The first kappa shape index (κ1) is 13.1. The van der Waals surface area contributed by atoms with Crippen LogP contribution in [0.3, 0.4) is 0 Å². The zero-order chi connectivity index (χ0) is 12.8. The maximum Gasteiger partial charge on any atom is 0.239 e. The standard InChI is InChI=1S/C13H23N5/c1-2-3-10-4-6-11(7-5-10)16-12-8-9-15-13(17-12)18-14/h8-11H,2-7,14H2,1H3,(H2,15,16,17,18). The van der Waals surface area contributed by atoms with Crippen LogP contribution in [0.25, 0.3) is 0 Å². The van der Waals surface area contributed by atoms with E-state index in [1.165, 1.54) is 38.5 Å². The number of nitrogen functional groups attached to an aromatic ring is 1. The highest BCUT2D eigenvalue weighted by Gasteiger charge is 2.20. The molecule has 1 aromatic heterocycles. The van der Waals surface area contributed by atoms with E-state index in [1.807, 2.05) is 6.07 Å². The van der Waals surface area contributed by atoms with Gasteiger partial charge in [0, 0.05) is 12.2 Å². The van der Waals surface area contributed by atoms with Crippen LogP contribution in [0, 0.1) is 5.92 Å². The van der Waals surface area contributed by atoms with Crippen LogP contribution in [0.5, 0.6) is 0 Å². The number of hydrazine groups is 1. The van der Waals surface area contributed by atoms with Gasteiger partial charge in [-0.25, -0.2) is 10.8 Å². The Kier molecular flexibility index (Phi) is 4.75. The Hall–Kier alpha value is -1.36. The Bertz CT molecular complexity index is 360. The van der Waals surface area contributed by atoms with Gasteiger partial charge in [-0.15, -0.1) is 0 Å². The third-order valence-corrected chi connectivity index (χ3v) is 3.68. The second-order valence-corrected chi connectivity index (χ2v) is 5.06. The van der Waals surface area contributed by atoms with Crippen molar-refractivity contribution in [3.05, 3.63) is 12.3 Å². The van der Waals surface area contributed by atoms with Crippen LogP contribution in [0.4, 0.5) is 11.8 Å². The van der Waals surface area contributed by atoms with E-state index in [0.717, 1.165) is 11.7 Å². The molecule has 1 fully saturated rings. The van der Waals surface area contributed by atoms with Crippen molar-refractivity contribution in [3.8, 4) is 0 Å². The Morgan fingerprint density at radius 2 is 2.11 bits per heavy atom. The van der Waals surface area contributed by atoms with Crippen LogP contribution in [0.2, 0.25) is 0 Å². The predicted molar refractivity (Wildman–Crippen MR) is 74.1 cm³/mol. The SMILES string of the molecule is CCCC1CCC(Nc2ccnc(NN)n2)CC1. The molecule has 0 unspecified atom stereocenters. The lowest BCUT2D eigenvalue weighted by Gasteiger charge is -2.29. The Balaban J connectivity index is 1.83. The third-order valence-electron chi connectivity index (χ3n) is 3.68. The minimum absolute atomic E-state index is 0.458. The van der Waals surface area contributed by atoms with Gasteiger partial charge in [0.2, 0.25) is 5.95 Å². The molecule has 0 saturated heterocycles. The molecule has 1 heterocycles. The van der Waals surface area contributed by atoms with Crippen molar-refractivity contribution < 1.29 is 0 Å². The molecule has 0 aliphatic heterocycles. The molecule has 18 heavy (non-hydrogen) atoms. The number of anilines is 2. The molecule has 0 radical (unpaired) electrons. The van der Waals surface area contributed by atoms with Gasteiger partial charge in [-0.3, -0.25) is 5.43 Å². The second-order valence-electron chi connectivity index (χ2n) is 5.06. The maximum atomic E-state index is 5.30. The lowest BCUT2D eigenvalue weighted by molar-refractivity contribution is 0.318. The average molecular weight is 249 g/mol. The fourth-order valence-corrected chi connectivity index (χ4v) is 2.72. The highest BCUT2D eigenvalue weighted by atomic mass is 15.3. The highest BCUT2D eigenvalue weighted by molar-refractivity contribution is 5.39. The molecule has 5 heteroatoms. The van der Waals surface area contributed by atoms with Crippen molar-refractivity contribution >= 4 is 11.8 Å². The molecule has 2 rings (SSSR count). The van der Waals surface area contributed by atoms with E-state index in [9.17, 15) is 0 Å². The zero-order valence-corrected chi connectivity index (χ0v) is 11.0. The minimum Gasteiger partial charge on any atom is -0.367 e. The van der Waals surface area contributed by atoms with E-state index in [0.29, 0.717) is 12.0 Å². The van der Waals surface area contributed by atoms with E-state index in [2.05, 4.69) is 27.6 Å². The number of nitrogens with two attached hydrogens (primary N) is 1. The molecular formula is C13H23N5. The van der Waals surface area contributed by atoms with Crippen molar-refractivity contribution in [2.75, 3.05) is 10.7 Å². The van der Waals surface area contributed by atoms with Gasteiger partial charge >= 0.3 is 0 Å². The van der Waals surface area contributed by atoms with Crippen LogP contribution in [0.1, 0.15) is 45.4 Å². The fourth-order valence-electron chi connectivity index (χ4n) is 2.72. The molecule has 100 valence electrons. The first-order valence-corrected chi connectivity index (χ1v) is 6.88. The van der Waals surface area contributed by atoms with Crippen LogP contribution in [0.15, 0.2) is 12.3 Å². The van der Waals surface area contributed by atoms with Gasteiger partial charge in [0.15, 0.2) is 0 Å². The number of nitrogens with one attached hydrogen (secondary N) is 2. The normalized spacial score (nSPS) is 23.7. The lowest BCUT2D eigenvalue weighted by Crippen LogP contribution is -2.26. The topological polar surface area (TPSA) is 75.9 Å². The predicted octanol–water partition coefficient (Wildman–Crippen LogP) is 2.53. The summed E-state index contributed by atoms with van der Waals surface area (Å²) in [5.74, 6) is 7.55. The van der Waals surface area contributed by atoms with Crippen molar-refractivity contribution in [1.29, 1.82) is 0 Å². The van der Waals surface area contributed by atoms with Gasteiger partial charge in [-0.1, -0.05) is 19.8 Å². The molecule has 0 spiro atoms. The summed E-state index contributed by atoms with van der Waals surface area (Å²) in [7, 11) is 0. The molecule has 0 atom stereocenters. The number of aromatic nitrogens is 2. The van der Waals surface area contributed by atoms with Gasteiger partial charge in [-0.2, -0.15) is 4.98 Å². The minimum atomic E-state index is 0.458. The molecule has 1 saturated carbocycles. The average Bonchev–Trinajstić information content (AvgIpc) is 2.42. The van der Waals surface area contributed by atoms with Crippen LogP contribution >= 0.6 is 0 Å². The fraction of sp³-hybridized carbons (Fsp3) is 0.692. The molecule has 1 aliphatic carbocycles. The molecule has 0 amide bonds. The van der Waals surface area contributed by atoms with Crippen LogP contribution < -0.4 is 16.6 Å². The van der Waals surface area contributed by atoms with Gasteiger partial charge in [0.25, 0.3) is 0 Å². The number of hydrogen-bond acceptors (Lipinski definition) is 5. The quantitative estimate of drug-likeness (QED) is 0.552. The molecule has 1 aromatic rings. The van der Waals surface area contributed by atoms with Crippen molar-refractivity contribution in [3.63, 3.8) is 0 Å². The summed E-state index contributed by atoms with van der Waals surface area (Å²) in [6, 6.07) is 2.43. The molecule has 5 nitrogen and oxygen atoms in total. The monoisotopic (exact) mass is 249 g/mol. The number of rotatable bonds is 5. The van der Waals surface area contributed by atoms with E-state index in [-0.39, 0.29) is 0 Å². The summed E-state index contributed by atoms with van der Waals surface area (Å²) in [4.78, 5) is 8.28. The number of hydrogen-bond donors (Lipinski definition) is 3. The zero-order valence-electron chi connectivity index (χ0n) is 11.0. The summed E-state index contributed by atoms with van der Waals surface area (Å²) >= 11 is 0. The molecule has 4 N–H and O–H groups in total. The second kappa shape index (κ2) is 6.54. The number of nitrogens with zero attached hydrogens (tertiary/aromatic N) is 2. The van der Waals surface area contributed by atoms with E-state index in [1.54, 1.807) is 6.20 Å². The van der Waals surface area contributed by atoms with Crippen molar-refractivity contribution in [2.45, 2.75) is 51.5 Å². The molecule has 0 aromatic carbocycles. The van der Waals surface area contributed by atoms with Crippen molar-refractivity contribution in [2.24, 2.45) is 11.8 Å². The van der Waals surface area contributed by atoms with Crippen LogP contribution in [-0.2, 0) is 0 Å². The Morgan fingerprint density at radius 1 is 1.33 bits per heavy atom. The summed E-state index contributed by atoms with van der Waals surface area (Å²) in [5, 5.41) is 3.47. The van der Waals surface area contributed by atoms with E-state index < -0.39 is 0 Å². The maximum absolute atomic E-state index is 5.30. The van der Waals surface area contributed by atoms with Gasteiger partial charge in [0.05, 0.1) is 0 Å². The summed E-state index contributed by atoms with van der Waals surface area (Å²) in [6.07, 6.45) is 9.53. The highest BCUT2D eigenvalue weighted by Crippen LogP contribution is 2.29. The van der Waals surface area contributed by atoms with Gasteiger partial charge in [0.1, 0.15) is 5.82 Å². The summed E-state index contributed by atoms with van der Waals surface area (Å²) in [6.45, 7) is 2.27.